The molecule has 2 amide bonds. The Hall–Kier alpha value is -3.06. The van der Waals surface area contributed by atoms with E-state index in [-0.39, 0.29) is 6.42 Å². The maximum Gasteiger partial charge on any atom is 0.310 e. The first-order valence-corrected chi connectivity index (χ1v) is 8.63. The maximum absolute atomic E-state index is 12.2. The number of halogens is 1. The van der Waals surface area contributed by atoms with Crippen LogP contribution in [0.2, 0.25) is 5.02 Å². The Bertz CT molecular complexity index is 886. The van der Waals surface area contributed by atoms with E-state index in [9.17, 15) is 14.4 Å². The number of fused-ring (bicyclic) bond motifs is 1. The minimum Gasteiger partial charge on any atom is -0.478 e. The predicted molar refractivity (Wildman–Crippen MR) is 99.7 cm³/mol. The largest absolute Gasteiger partial charge is 0.478 e. The molecule has 2 aromatic carbocycles. The van der Waals surface area contributed by atoms with Crippen LogP contribution in [0.25, 0.3) is 0 Å². The molecule has 0 bridgehead atoms. The predicted octanol–water partition coefficient (Wildman–Crippen LogP) is 3.00. The van der Waals surface area contributed by atoms with Crippen LogP contribution in [0, 0.1) is 0 Å². The summed E-state index contributed by atoms with van der Waals surface area (Å²) in [4.78, 5) is 36.3. The highest BCUT2D eigenvalue weighted by molar-refractivity contribution is 6.33. The average molecular weight is 389 g/mol. The molecule has 2 aromatic rings. The Kier molecular flexibility index (Phi) is 5.61. The zero-order valence-corrected chi connectivity index (χ0v) is 15.2. The molecule has 0 spiro atoms. The number of hydrogen-bond acceptors (Lipinski definition) is 5. The average Bonchev–Trinajstić information content (AvgIpc) is 2.64. The van der Waals surface area contributed by atoms with Crippen molar-refractivity contribution in [3.05, 3.63) is 53.6 Å². The highest BCUT2D eigenvalue weighted by Gasteiger charge is 2.31. The number of rotatable bonds is 5. The van der Waals surface area contributed by atoms with E-state index in [0.29, 0.717) is 22.1 Å². The summed E-state index contributed by atoms with van der Waals surface area (Å²) >= 11 is 5.98. The van der Waals surface area contributed by atoms with Crippen molar-refractivity contribution in [2.24, 2.45) is 0 Å². The van der Waals surface area contributed by atoms with Crippen LogP contribution in [0.1, 0.15) is 13.3 Å². The molecule has 3 rings (SSSR count). The fourth-order valence-corrected chi connectivity index (χ4v) is 2.66. The number of amides is 2. The van der Waals surface area contributed by atoms with Gasteiger partial charge in [0.15, 0.2) is 12.2 Å². The van der Waals surface area contributed by atoms with Crippen LogP contribution in [-0.4, -0.2) is 30.0 Å². The standard InChI is InChI=1S/C19H17ClN2O5/c1-11(18(24)21-13-7-3-2-6-12(13)20)26-17(23)10-16-19(25)22-14-8-4-5-9-15(14)27-16/h2-9,11,16H,10H2,1H3,(H,21,24)(H,22,25)/t11-,16-/m1/s1. The summed E-state index contributed by atoms with van der Waals surface area (Å²) in [6.45, 7) is 1.43. The van der Waals surface area contributed by atoms with E-state index in [4.69, 9.17) is 21.1 Å². The smallest absolute Gasteiger partial charge is 0.310 e. The number of anilines is 2. The molecule has 1 aliphatic heterocycles. The normalized spacial score (nSPS) is 16.4. The summed E-state index contributed by atoms with van der Waals surface area (Å²) in [6.07, 6.45) is -2.40. The second-order valence-electron chi connectivity index (χ2n) is 5.90. The van der Waals surface area contributed by atoms with Crippen molar-refractivity contribution >= 4 is 40.8 Å². The van der Waals surface area contributed by atoms with Gasteiger partial charge in [0.25, 0.3) is 11.8 Å². The van der Waals surface area contributed by atoms with E-state index in [1.807, 2.05) is 0 Å². The van der Waals surface area contributed by atoms with Crippen LogP contribution in [0.15, 0.2) is 48.5 Å². The third kappa shape index (κ3) is 4.57. The molecule has 0 radical (unpaired) electrons. The zero-order chi connectivity index (χ0) is 19.4. The minimum absolute atomic E-state index is 0.316. The topological polar surface area (TPSA) is 93.7 Å². The first-order chi connectivity index (χ1) is 12.9. The molecule has 0 aromatic heterocycles. The Labute approximate surface area is 160 Å². The van der Waals surface area contributed by atoms with Crippen molar-refractivity contribution in [2.45, 2.75) is 25.6 Å². The van der Waals surface area contributed by atoms with E-state index < -0.39 is 30.0 Å². The van der Waals surface area contributed by atoms with Crippen molar-refractivity contribution in [2.75, 3.05) is 10.6 Å². The molecular formula is C19H17ClN2O5. The lowest BCUT2D eigenvalue weighted by molar-refractivity contribution is -0.155. The second-order valence-corrected chi connectivity index (χ2v) is 6.30. The van der Waals surface area contributed by atoms with Gasteiger partial charge in [-0.15, -0.1) is 0 Å². The molecule has 7 nitrogen and oxygen atoms in total. The summed E-state index contributed by atoms with van der Waals surface area (Å²) in [5.74, 6) is -1.23. The third-order valence-electron chi connectivity index (χ3n) is 3.87. The highest BCUT2D eigenvalue weighted by atomic mass is 35.5. The van der Waals surface area contributed by atoms with Gasteiger partial charge in [0.05, 0.1) is 22.8 Å². The lowest BCUT2D eigenvalue weighted by atomic mass is 10.1. The molecule has 1 heterocycles. The van der Waals surface area contributed by atoms with Crippen LogP contribution in [-0.2, 0) is 19.1 Å². The number of ether oxygens (including phenoxy) is 2. The van der Waals surface area contributed by atoms with Crippen molar-refractivity contribution in [3.63, 3.8) is 0 Å². The third-order valence-corrected chi connectivity index (χ3v) is 4.20. The van der Waals surface area contributed by atoms with Gasteiger partial charge in [-0.25, -0.2) is 0 Å². The van der Waals surface area contributed by atoms with Gasteiger partial charge in [-0.05, 0) is 31.2 Å². The summed E-state index contributed by atoms with van der Waals surface area (Å²) in [5, 5.41) is 5.62. The van der Waals surface area contributed by atoms with E-state index in [0.717, 1.165) is 0 Å². The van der Waals surface area contributed by atoms with Crippen LogP contribution in [0.4, 0.5) is 11.4 Å². The quantitative estimate of drug-likeness (QED) is 0.768. The number of hydrogen-bond donors (Lipinski definition) is 2. The van der Waals surface area contributed by atoms with Gasteiger partial charge >= 0.3 is 5.97 Å². The molecule has 2 N–H and O–H groups in total. The van der Waals surface area contributed by atoms with Crippen LogP contribution in [0.5, 0.6) is 5.75 Å². The van der Waals surface area contributed by atoms with Gasteiger partial charge < -0.3 is 20.1 Å². The Balaban J connectivity index is 1.55. The highest BCUT2D eigenvalue weighted by Crippen LogP contribution is 2.29. The second kappa shape index (κ2) is 8.09. The van der Waals surface area contributed by atoms with Crippen molar-refractivity contribution in [1.82, 2.24) is 0 Å². The van der Waals surface area contributed by atoms with Crippen molar-refractivity contribution in [3.8, 4) is 5.75 Å². The van der Waals surface area contributed by atoms with E-state index >= 15 is 0 Å². The molecule has 27 heavy (non-hydrogen) atoms. The van der Waals surface area contributed by atoms with Crippen molar-refractivity contribution in [1.29, 1.82) is 0 Å². The Morgan fingerprint density at radius 2 is 1.93 bits per heavy atom. The fourth-order valence-electron chi connectivity index (χ4n) is 2.47. The minimum atomic E-state index is -1.06. The number of para-hydroxylation sites is 3. The van der Waals surface area contributed by atoms with Gasteiger partial charge in [0.2, 0.25) is 0 Å². The number of benzene rings is 2. The van der Waals surface area contributed by atoms with E-state index in [2.05, 4.69) is 10.6 Å². The molecule has 140 valence electrons. The Morgan fingerprint density at radius 3 is 2.70 bits per heavy atom. The zero-order valence-electron chi connectivity index (χ0n) is 14.4. The fraction of sp³-hybridized carbons (Fsp3) is 0.211. The molecule has 1 aliphatic rings. The van der Waals surface area contributed by atoms with Gasteiger partial charge in [0.1, 0.15) is 5.75 Å². The number of carbonyl (C=O) groups is 3. The molecule has 8 heteroatoms. The summed E-state index contributed by atoms with van der Waals surface area (Å²) in [7, 11) is 0. The summed E-state index contributed by atoms with van der Waals surface area (Å²) < 4.78 is 10.6. The lowest BCUT2D eigenvalue weighted by Gasteiger charge is -2.25. The molecule has 0 fully saturated rings. The lowest BCUT2D eigenvalue weighted by Crippen LogP contribution is -2.40. The van der Waals surface area contributed by atoms with Gasteiger partial charge in [0, 0.05) is 0 Å². The maximum atomic E-state index is 12.2. The first-order valence-electron chi connectivity index (χ1n) is 8.25. The monoisotopic (exact) mass is 388 g/mol. The summed E-state index contributed by atoms with van der Waals surface area (Å²) in [6, 6.07) is 13.6. The van der Waals surface area contributed by atoms with Crippen LogP contribution < -0.4 is 15.4 Å². The van der Waals surface area contributed by atoms with E-state index in [1.165, 1.54) is 6.92 Å². The molecule has 2 atom stereocenters. The number of esters is 1. The molecule has 0 aliphatic carbocycles. The van der Waals surface area contributed by atoms with Crippen molar-refractivity contribution < 1.29 is 23.9 Å². The number of carbonyl (C=O) groups excluding carboxylic acids is 3. The Morgan fingerprint density at radius 1 is 1.22 bits per heavy atom. The molecular weight excluding hydrogens is 372 g/mol. The van der Waals surface area contributed by atoms with Crippen LogP contribution in [0.3, 0.4) is 0 Å². The number of nitrogens with one attached hydrogen (secondary N) is 2. The van der Waals surface area contributed by atoms with Crippen LogP contribution >= 0.6 is 11.6 Å². The van der Waals surface area contributed by atoms with E-state index in [1.54, 1.807) is 48.5 Å². The molecule has 0 unspecified atom stereocenters. The van der Waals surface area contributed by atoms with Gasteiger partial charge in [-0.2, -0.15) is 0 Å². The first kappa shape index (κ1) is 18.7. The SMILES string of the molecule is C[C@@H](OC(=O)C[C@H]1Oc2ccccc2NC1=O)C(=O)Nc1ccccc1Cl. The molecule has 0 saturated carbocycles. The molecule has 0 saturated heterocycles. The summed E-state index contributed by atoms with van der Waals surface area (Å²) in [5.41, 5.74) is 0.957. The van der Waals surface area contributed by atoms with Gasteiger partial charge in [-0.1, -0.05) is 35.9 Å². The van der Waals surface area contributed by atoms with Gasteiger partial charge in [-0.3, -0.25) is 14.4 Å².